The lowest BCUT2D eigenvalue weighted by Crippen LogP contribution is -2.57. The van der Waals surface area contributed by atoms with Crippen LogP contribution in [0.25, 0.3) is 0 Å². The van der Waals surface area contributed by atoms with Crippen LogP contribution in [0, 0.1) is 0 Å². The maximum absolute atomic E-state index is 12.7. The van der Waals surface area contributed by atoms with Crippen molar-refractivity contribution in [3.8, 4) is 5.75 Å². The Bertz CT molecular complexity index is 542. The predicted molar refractivity (Wildman–Crippen MR) is 95.3 cm³/mol. The highest BCUT2D eigenvalue weighted by molar-refractivity contribution is 5.82. The number of nitrogens with zero attached hydrogens (tertiary/aromatic N) is 2. The van der Waals surface area contributed by atoms with E-state index in [1.807, 2.05) is 12.1 Å². The van der Waals surface area contributed by atoms with Crippen LogP contribution in [0.5, 0.6) is 5.75 Å². The number of piperazine rings is 1. The van der Waals surface area contributed by atoms with Crippen LogP contribution in [-0.4, -0.2) is 67.6 Å². The number of aryl methyl sites for hydroxylation is 1. The van der Waals surface area contributed by atoms with Gasteiger partial charge in [0.25, 0.3) is 0 Å². The van der Waals surface area contributed by atoms with Crippen molar-refractivity contribution in [1.29, 1.82) is 0 Å². The van der Waals surface area contributed by atoms with E-state index in [2.05, 4.69) is 34.2 Å². The first-order chi connectivity index (χ1) is 11.7. The number of fused-ring (bicyclic) bond motifs is 4. The van der Waals surface area contributed by atoms with Gasteiger partial charge in [-0.1, -0.05) is 12.1 Å². The number of amides is 1. The summed E-state index contributed by atoms with van der Waals surface area (Å²) in [6.45, 7) is 7.31. The van der Waals surface area contributed by atoms with E-state index < -0.39 is 0 Å². The molecule has 3 fully saturated rings. The smallest absolute Gasteiger partial charge is 0.238 e. The third-order valence-corrected chi connectivity index (χ3v) is 5.21. The molecular formula is C19H29N3O2. The Hall–Kier alpha value is -1.59. The van der Waals surface area contributed by atoms with E-state index in [9.17, 15) is 4.79 Å². The van der Waals surface area contributed by atoms with E-state index in [1.54, 1.807) is 7.11 Å². The lowest BCUT2D eigenvalue weighted by molar-refractivity contribution is -0.128. The van der Waals surface area contributed by atoms with Crippen molar-refractivity contribution in [3.63, 3.8) is 0 Å². The molecule has 4 atom stereocenters. The third-order valence-electron chi connectivity index (χ3n) is 5.21. The van der Waals surface area contributed by atoms with E-state index in [0.717, 1.165) is 51.3 Å². The van der Waals surface area contributed by atoms with Crippen molar-refractivity contribution in [2.24, 2.45) is 0 Å². The molecule has 0 spiro atoms. The fraction of sp³-hybridized carbons (Fsp3) is 0.632. The highest BCUT2D eigenvalue weighted by Gasteiger charge is 2.34. The monoisotopic (exact) mass is 331 g/mol. The highest BCUT2D eigenvalue weighted by atomic mass is 16.5. The SMILES string of the molecule is COc1ccc(CC[C@H](C)NC(=O)[C@@H]2CN3CCCN2CC3)cc1. The molecule has 4 rings (SSSR count). The Kier molecular flexibility index (Phi) is 5.74. The fourth-order valence-electron chi connectivity index (χ4n) is 3.68. The largest absolute Gasteiger partial charge is 0.497 e. The van der Waals surface area contributed by atoms with Crippen LogP contribution in [0.15, 0.2) is 24.3 Å². The van der Waals surface area contributed by atoms with E-state index in [4.69, 9.17) is 4.74 Å². The average Bonchev–Trinajstić information content (AvgIpc) is 2.96. The lowest BCUT2D eigenvalue weighted by atomic mass is 10.1. The van der Waals surface area contributed by atoms with Gasteiger partial charge in [0.1, 0.15) is 11.8 Å². The molecule has 2 bridgehead atoms. The second kappa shape index (κ2) is 7.99. The number of hydrogen-bond acceptors (Lipinski definition) is 4. The molecule has 24 heavy (non-hydrogen) atoms. The molecule has 0 radical (unpaired) electrons. The van der Waals surface area contributed by atoms with Gasteiger partial charge >= 0.3 is 0 Å². The maximum atomic E-state index is 12.7. The van der Waals surface area contributed by atoms with E-state index >= 15 is 0 Å². The fourth-order valence-corrected chi connectivity index (χ4v) is 3.68. The molecule has 1 aromatic carbocycles. The van der Waals surface area contributed by atoms with Crippen molar-refractivity contribution in [2.45, 2.75) is 38.3 Å². The minimum Gasteiger partial charge on any atom is -0.497 e. The van der Waals surface area contributed by atoms with Crippen molar-refractivity contribution in [1.82, 2.24) is 15.1 Å². The molecule has 0 aromatic heterocycles. The summed E-state index contributed by atoms with van der Waals surface area (Å²) in [4.78, 5) is 17.4. The van der Waals surface area contributed by atoms with Crippen molar-refractivity contribution < 1.29 is 9.53 Å². The number of methoxy groups -OCH3 is 1. The standard InChI is InChI=1S/C19H29N3O2/c1-15(4-5-16-6-8-17(24-2)9-7-16)20-19(23)18-14-21-10-3-11-22(18)13-12-21/h6-9,15,18H,3-5,10-14H2,1-2H3,(H,20,23)/t15-,18-/m0/s1. The first-order valence-electron chi connectivity index (χ1n) is 9.05. The Morgan fingerprint density at radius 3 is 2.79 bits per heavy atom. The van der Waals surface area contributed by atoms with Crippen LogP contribution in [0.2, 0.25) is 0 Å². The molecule has 1 amide bonds. The molecular weight excluding hydrogens is 302 g/mol. The van der Waals surface area contributed by atoms with Crippen molar-refractivity contribution in [3.05, 3.63) is 29.8 Å². The lowest BCUT2D eigenvalue weighted by Gasteiger charge is -2.37. The van der Waals surface area contributed by atoms with Gasteiger partial charge in [0.05, 0.1) is 7.11 Å². The maximum Gasteiger partial charge on any atom is 0.238 e. The predicted octanol–water partition coefficient (Wildman–Crippen LogP) is 1.52. The van der Waals surface area contributed by atoms with Gasteiger partial charge in [0, 0.05) is 32.2 Å². The van der Waals surface area contributed by atoms with Gasteiger partial charge in [-0.2, -0.15) is 0 Å². The number of carbonyl (C=O) groups is 1. The second-order valence-corrected chi connectivity index (χ2v) is 7.00. The third kappa shape index (κ3) is 4.28. The summed E-state index contributed by atoms with van der Waals surface area (Å²) in [5, 5.41) is 3.22. The molecule has 3 heterocycles. The number of nitrogens with one attached hydrogen (secondary N) is 1. The number of rotatable bonds is 6. The minimum atomic E-state index is 0.0321. The summed E-state index contributed by atoms with van der Waals surface area (Å²) >= 11 is 0. The minimum absolute atomic E-state index is 0.0321. The Balaban J connectivity index is 1.47. The Morgan fingerprint density at radius 2 is 2.04 bits per heavy atom. The van der Waals surface area contributed by atoms with Crippen LogP contribution < -0.4 is 10.1 Å². The molecule has 2 unspecified atom stereocenters. The number of hydrogen-bond donors (Lipinski definition) is 1. The molecule has 0 saturated carbocycles. The summed E-state index contributed by atoms with van der Waals surface area (Å²) in [6.07, 6.45) is 3.09. The van der Waals surface area contributed by atoms with Crippen LogP contribution in [-0.2, 0) is 11.2 Å². The number of benzene rings is 1. The van der Waals surface area contributed by atoms with Crippen molar-refractivity contribution in [2.75, 3.05) is 39.8 Å². The summed E-state index contributed by atoms with van der Waals surface area (Å²) in [7, 11) is 1.68. The van der Waals surface area contributed by atoms with Gasteiger partial charge in [-0.05, 0) is 50.4 Å². The first-order valence-corrected chi connectivity index (χ1v) is 9.05. The van der Waals surface area contributed by atoms with E-state index in [0.29, 0.717) is 0 Å². The second-order valence-electron chi connectivity index (χ2n) is 7.00. The molecule has 1 N–H and O–H groups in total. The summed E-state index contributed by atoms with van der Waals surface area (Å²) in [5.74, 6) is 1.08. The first kappa shape index (κ1) is 17.2. The number of carbonyl (C=O) groups excluding carboxylic acids is 1. The molecule has 3 saturated heterocycles. The van der Waals surface area contributed by atoms with Crippen molar-refractivity contribution >= 4 is 5.91 Å². The molecule has 5 nitrogen and oxygen atoms in total. The molecule has 3 aliphatic heterocycles. The van der Waals surface area contributed by atoms with Crippen LogP contribution in [0.1, 0.15) is 25.3 Å². The topological polar surface area (TPSA) is 44.8 Å². The zero-order valence-corrected chi connectivity index (χ0v) is 14.8. The Morgan fingerprint density at radius 1 is 1.25 bits per heavy atom. The van der Waals surface area contributed by atoms with Gasteiger partial charge in [-0.15, -0.1) is 0 Å². The zero-order valence-electron chi connectivity index (χ0n) is 14.8. The summed E-state index contributed by atoms with van der Waals surface area (Å²) < 4.78 is 5.18. The van der Waals surface area contributed by atoms with E-state index in [1.165, 1.54) is 12.0 Å². The molecule has 5 heteroatoms. The summed E-state index contributed by atoms with van der Waals surface area (Å²) in [6, 6.07) is 8.39. The summed E-state index contributed by atoms with van der Waals surface area (Å²) in [5.41, 5.74) is 1.28. The quantitative estimate of drug-likeness (QED) is 0.858. The Labute approximate surface area is 145 Å². The van der Waals surface area contributed by atoms with Gasteiger partial charge in [-0.3, -0.25) is 14.6 Å². The zero-order chi connectivity index (χ0) is 16.9. The molecule has 3 aliphatic rings. The van der Waals surface area contributed by atoms with Gasteiger partial charge in [0.2, 0.25) is 5.91 Å². The number of ether oxygens (including phenoxy) is 1. The van der Waals surface area contributed by atoms with Crippen LogP contribution in [0.3, 0.4) is 0 Å². The highest BCUT2D eigenvalue weighted by Crippen LogP contribution is 2.16. The average molecular weight is 331 g/mol. The van der Waals surface area contributed by atoms with Crippen LogP contribution >= 0.6 is 0 Å². The molecule has 0 aliphatic carbocycles. The molecule has 1 aromatic rings. The van der Waals surface area contributed by atoms with Gasteiger partial charge in [0.15, 0.2) is 0 Å². The van der Waals surface area contributed by atoms with Gasteiger partial charge in [-0.25, -0.2) is 0 Å². The molecule has 132 valence electrons. The normalized spacial score (nSPS) is 27.3. The van der Waals surface area contributed by atoms with Gasteiger partial charge < -0.3 is 10.1 Å². The van der Waals surface area contributed by atoms with Crippen LogP contribution in [0.4, 0.5) is 0 Å². The van der Waals surface area contributed by atoms with E-state index in [-0.39, 0.29) is 18.0 Å².